The van der Waals surface area contributed by atoms with Crippen LogP contribution in [-0.4, -0.2) is 11.4 Å². The lowest BCUT2D eigenvalue weighted by Gasteiger charge is -2.34. The van der Waals surface area contributed by atoms with Crippen LogP contribution in [0.5, 0.6) is 0 Å². The summed E-state index contributed by atoms with van der Waals surface area (Å²) in [6.45, 7) is 9.48. The van der Waals surface area contributed by atoms with E-state index in [2.05, 4.69) is 26.1 Å². The second-order valence-electron chi connectivity index (χ2n) is 4.53. The standard InChI is InChI=1S/C12H22N2O/c1-6-12(7-2,8-3)14-10(15)11(4,5)9-13/h6-8H2,1-5H3,(H,14,15). The molecule has 0 rings (SSSR count). The van der Waals surface area contributed by atoms with E-state index in [-0.39, 0.29) is 11.4 Å². The van der Waals surface area contributed by atoms with E-state index >= 15 is 0 Å². The van der Waals surface area contributed by atoms with Crippen molar-refractivity contribution in [1.29, 1.82) is 5.26 Å². The molecule has 86 valence electrons. The zero-order valence-electron chi connectivity index (χ0n) is 10.5. The Hall–Kier alpha value is -1.04. The number of hydrogen-bond donors (Lipinski definition) is 1. The van der Waals surface area contributed by atoms with Crippen LogP contribution in [0.4, 0.5) is 0 Å². The van der Waals surface area contributed by atoms with Crippen molar-refractivity contribution >= 4 is 5.91 Å². The van der Waals surface area contributed by atoms with E-state index in [4.69, 9.17) is 5.26 Å². The number of nitrogens with zero attached hydrogens (tertiary/aromatic N) is 1. The number of carbonyl (C=O) groups excluding carboxylic acids is 1. The average Bonchev–Trinajstić information content (AvgIpc) is 2.25. The molecule has 0 fully saturated rings. The van der Waals surface area contributed by atoms with Crippen molar-refractivity contribution in [2.24, 2.45) is 5.41 Å². The topological polar surface area (TPSA) is 52.9 Å². The first-order valence-electron chi connectivity index (χ1n) is 5.61. The van der Waals surface area contributed by atoms with Gasteiger partial charge in [-0.05, 0) is 33.1 Å². The van der Waals surface area contributed by atoms with Crippen LogP contribution in [0.2, 0.25) is 0 Å². The number of amides is 1. The molecule has 0 unspecified atom stereocenters. The Morgan fingerprint density at radius 2 is 1.60 bits per heavy atom. The summed E-state index contributed by atoms with van der Waals surface area (Å²) in [5.74, 6) is -0.171. The summed E-state index contributed by atoms with van der Waals surface area (Å²) in [6.07, 6.45) is 2.69. The average molecular weight is 210 g/mol. The molecule has 0 spiro atoms. The SMILES string of the molecule is CCC(CC)(CC)NC(=O)C(C)(C)C#N. The lowest BCUT2D eigenvalue weighted by atomic mass is 9.86. The van der Waals surface area contributed by atoms with Crippen molar-refractivity contribution in [3.63, 3.8) is 0 Å². The van der Waals surface area contributed by atoms with E-state index in [1.807, 2.05) is 6.07 Å². The van der Waals surface area contributed by atoms with Gasteiger partial charge in [0.25, 0.3) is 0 Å². The van der Waals surface area contributed by atoms with Crippen LogP contribution in [0.3, 0.4) is 0 Å². The third-order valence-electron chi connectivity index (χ3n) is 3.26. The van der Waals surface area contributed by atoms with Crippen molar-refractivity contribution in [2.75, 3.05) is 0 Å². The van der Waals surface area contributed by atoms with Gasteiger partial charge in [-0.1, -0.05) is 20.8 Å². The van der Waals surface area contributed by atoms with Crippen LogP contribution in [-0.2, 0) is 4.79 Å². The molecule has 15 heavy (non-hydrogen) atoms. The summed E-state index contributed by atoms with van der Waals surface area (Å²) >= 11 is 0. The summed E-state index contributed by atoms with van der Waals surface area (Å²) in [6, 6.07) is 2.02. The molecule has 0 aliphatic rings. The molecule has 0 saturated carbocycles. The zero-order chi connectivity index (χ0) is 12.1. The largest absolute Gasteiger partial charge is 0.349 e. The summed E-state index contributed by atoms with van der Waals surface area (Å²) in [5.41, 5.74) is -1.09. The summed E-state index contributed by atoms with van der Waals surface area (Å²) in [7, 11) is 0. The van der Waals surface area contributed by atoms with Gasteiger partial charge in [0.05, 0.1) is 6.07 Å². The molecular weight excluding hydrogens is 188 g/mol. The van der Waals surface area contributed by atoms with Crippen molar-refractivity contribution in [3.8, 4) is 6.07 Å². The van der Waals surface area contributed by atoms with E-state index in [0.29, 0.717) is 0 Å². The maximum absolute atomic E-state index is 11.9. The molecule has 0 atom stereocenters. The highest BCUT2D eigenvalue weighted by Crippen LogP contribution is 2.22. The molecule has 3 heteroatoms. The first-order valence-corrected chi connectivity index (χ1v) is 5.61. The maximum Gasteiger partial charge on any atom is 0.240 e. The molecule has 0 aromatic carbocycles. The lowest BCUT2D eigenvalue weighted by molar-refractivity contribution is -0.129. The Kier molecular flexibility index (Phi) is 4.80. The van der Waals surface area contributed by atoms with Gasteiger partial charge in [-0.2, -0.15) is 5.26 Å². The number of nitrogens with one attached hydrogen (secondary N) is 1. The molecule has 0 bridgehead atoms. The normalized spacial score (nSPS) is 12.0. The Labute approximate surface area is 92.9 Å². The highest BCUT2D eigenvalue weighted by Gasteiger charge is 2.33. The highest BCUT2D eigenvalue weighted by molar-refractivity contribution is 5.85. The van der Waals surface area contributed by atoms with Gasteiger partial charge >= 0.3 is 0 Å². The first-order chi connectivity index (χ1) is 6.87. The van der Waals surface area contributed by atoms with Gasteiger partial charge in [-0.25, -0.2) is 0 Å². The van der Waals surface area contributed by atoms with Crippen molar-refractivity contribution in [3.05, 3.63) is 0 Å². The second kappa shape index (κ2) is 5.16. The van der Waals surface area contributed by atoms with Gasteiger partial charge in [0.1, 0.15) is 5.41 Å². The van der Waals surface area contributed by atoms with E-state index in [1.165, 1.54) is 0 Å². The van der Waals surface area contributed by atoms with E-state index in [0.717, 1.165) is 19.3 Å². The van der Waals surface area contributed by atoms with Gasteiger partial charge in [-0.3, -0.25) is 4.79 Å². The number of rotatable bonds is 5. The maximum atomic E-state index is 11.9. The van der Waals surface area contributed by atoms with Crippen LogP contribution in [0, 0.1) is 16.7 Å². The third kappa shape index (κ3) is 3.23. The number of carbonyl (C=O) groups is 1. The fourth-order valence-corrected chi connectivity index (χ4v) is 1.46. The Morgan fingerprint density at radius 3 is 1.87 bits per heavy atom. The number of hydrogen-bond acceptors (Lipinski definition) is 2. The summed E-state index contributed by atoms with van der Waals surface area (Å²) in [4.78, 5) is 11.9. The predicted octanol–water partition coefficient (Wildman–Crippen LogP) is 2.62. The van der Waals surface area contributed by atoms with E-state index in [1.54, 1.807) is 13.8 Å². The van der Waals surface area contributed by atoms with Crippen molar-refractivity contribution in [1.82, 2.24) is 5.32 Å². The summed E-state index contributed by atoms with van der Waals surface area (Å²) in [5, 5.41) is 11.9. The fourth-order valence-electron chi connectivity index (χ4n) is 1.46. The van der Waals surface area contributed by atoms with Crippen molar-refractivity contribution < 1.29 is 4.79 Å². The molecule has 3 nitrogen and oxygen atoms in total. The molecule has 0 radical (unpaired) electrons. The molecular formula is C12H22N2O. The molecule has 0 aromatic rings. The first kappa shape index (κ1) is 14.0. The fraction of sp³-hybridized carbons (Fsp3) is 0.833. The molecule has 0 saturated heterocycles. The van der Waals surface area contributed by atoms with E-state index in [9.17, 15) is 4.79 Å². The van der Waals surface area contributed by atoms with Gasteiger partial charge in [0, 0.05) is 5.54 Å². The highest BCUT2D eigenvalue weighted by atomic mass is 16.2. The second-order valence-corrected chi connectivity index (χ2v) is 4.53. The molecule has 1 amide bonds. The Morgan fingerprint density at radius 1 is 1.20 bits per heavy atom. The van der Waals surface area contributed by atoms with Crippen LogP contribution < -0.4 is 5.32 Å². The smallest absolute Gasteiger partial charge is 0.240 e. The van der Waals surface area contributed by atoms with Crippen LogP contribution in [0.1, 0.15) is 53.9 Å². The summed E-state index contributed by atoms with van der Waals surface area (Å²) < 4.78 is 0. The van der Waals surface area contributed by atoms with E-state index < -0.39 is 5.41 Å². The van der Waals surface area contributed by atoms with Gasteiger partial charge in [-0.15, -0.1) is 0 Å². The van der Waals surface area contributed by atoms with Crippen LogP contribution in [0.25, 0.3) is 0 Å². The molecule has 0 aromatic heterocycles. The molecule has 1 N–H and O–H groups in total. The minimum atomic E-state index is -0.940. The van der Waals surface area contributed by atoms with Crippen LogP contribution in [0.15, 0.2) is 0 Å². The molecule has 0 aliphatic carbocycles. The lowest BCUT2D eigenvalue weighted by Crippen LogP contribution is -2.51. The predicted molar refractivity (Wildman–Crippen MR) is 61.1 cm³/mol. The van der Waals surface area contributed by atoms with Crippen molar-refractivity contribution in [2.45, 2.75) is 59.4 Å². The zero-order valence-corrected chi connectivity index (χ0v) is 10.5. The number of nitriles is 1. The quantitative estimate of drug-likeness (QED) is 0.758. The van der Waals surface area contributed by atoms with Gasteiger partial charge < -0.3 is 5.32 Å². The van der Waals surface area contributed by atoms with Gasteiger partial charge in [0.15, 0.2) is 0 Å². The molecule has 0 aliphatic heterocycles. The molecule has 0 heterocycles. The Balaban J connectivity index is 4.72. The minimum Gasteiger partial charge on any atom is -0.349 e. The minimum absolute atomic E-state index is 0.148. The van der Waals surface area contributed by atoms with Crippen LogP contribution >= 0.6 is 0 Å². The Bertz CT molecular complexity index is 251. The van der Waals surface area contributed by atoms with Gasteiger partial charge in [0.2, 0.25) is 5.91 Å². The third-order valence-corrected chi connectivity index (χ3v) is 3.26. The monoisotopic (exact) mass is 210 g/mol.